The van der Waals surface area contributed by atoms with E-state index in [9.17, 15) is 9.59 Å². The molecule has 0 radical (unpaired) electrons. The van der Waals surface area contributed by atoms with E-state index in [1.165, 1.54) is 0 Å². The number of allylic oxidation sites excluding steroid dienone is 1. The van der Waals surface area contributed by atoms with E-state index in [1.807, 2.05) is 30.3 Å². The molecule has 0 saturated heterocycles. The van der Waals surface area contributed by atoms with Crippen molar-refractivity contribution in [2.45, 2.75) is 13.0 Å². The quantitative estimate of drug-likeness (QED) is 0.576. The molecule has 0 spiro atoms. The van der Waals surface area contributed by atoms with Gasteiger partial charge in [-0.25, -0.2) is 9.59 Å². The molecule has 2 aromatic carbocycles. The van der Waals surface area contributed by atoms with Gasteiger partial charge in [0.25, 0.3) is 0 Å². The number of urea groups is 1. The SMILES string of the molecule is CC1=C(C(=O)OCCOc2ccccc2)[C@@H](c2ccc3c(c2)OCO3)NC(=O)N1. The largest absolute Gasteiger partial charge is 0.490 e. The highest BCUT2D eigenvalue weighted by Crippen LogP contribution is 2.37. The highest BCUT2D eigenvalue weighted by molar-refractivity contribution is 5.95. The van der Waals surface area contributed by atoms with Crippen molar-refractivity contribution in [3.05, 3.63) is 65.4 Å². The summed E-state index contributed by atoms with van der Waals surface area (Å²) in [6, 6.07) is 13.5. The third-order valence-corrected chi connectivity index (χ3v) is 4.55. The first-order chi connectivity index (χ1) is 14.1. The summed E-state index contributed by atoms with van der Waals surface area (Å²) in [6.45, 7) is 2.10. The van der Waals surface area contributed by atoms with Crippen molar-refractivity contribution in [3.63, 3.8) is 0 Å². The Morgan fingerprint density at radius 3 is 2.72 bits per heavy atom. The molecule has 0 bridgehead atoms. The van der Waals surface area contributed by atoms with Crippen molar-refractivity contribution in [2.75, 3.05) is 20.0 Å². The summed E-state index contributed by atoms with van der Waals surface area (Å²) in [5.74, 6) is 1.35. The van der Waals surface area contributed by atoms with E-state index in [1.54, 1.807) is 25.1 Å². The van der Waals surface area contributed by atoms with Gasteiger partial charge in [0.05, 0.1) is 11.6 Å². The van der Waals surface area contributed by atoms with Gasteiger partial charge in [-0.15, -0.1) is 0 Å². The van der Waals surface area contributed by atoms with Crippen LogP contribution in [0.15, 0.2) is 59.8 Å². The standard InChI is InChI=1S/C21H20N2O6/c1-13-18(20(24)27-10-9-26-15-5-3-2-4-6-15)19(23-21(25)22-13)14-7-8-16-17(11-14)29-12-28-16/h2-8,11,19H,9-10,12H2,1H3,(H2,22,23,25)/t19-/m1/s1. The average Bonchev–Trinajstić information content (AvgIpc) is 3.19. The predicted molar refractivity (Wildman–Crippen MR) is 103 cm³/mol. The van der Waals surface area contributed by atoms with Gasteiger partial charge in [-0.2, -0.15) is 0 Å². The zero-order valence-corrected chi connectivity index (χ0v) is 15.8. The van der Waals surface area contributed by atoms with E-state index in [2.05, 4.69) is 10.6 Å². The minimum Gasteiger partial charge on any atom is -0.490 e. The van der Waals surface area contributed by atoms with Crippen molar-refractivity contribution in [2.24, 2.45) is 0 Å². The Kier molecular flexibility index (Phi) is 5.24. The molecular weight excluding hydrogens is 376 g/mol. The van der Waals surface area contributed by atoms with Crippen molar-refractivity contribution in [1.82, 2.24) is 10.6 Å². The number of carbonyl (C=O) groups excluding carboxylic acids is 2. The van der Waals surface area contributed by atoms with E-state index in [-0.39, 0.29) is 20.0 Å². The van der Waals surface area contributed by atoms with Gasteiger partial charge < -0.3 is 29.6 Å². The van der Waals surface area contributed by atoms with Gasteiger partial charge in [-0.05, 0) is 36.8 Å². The fourth-order valence-corrected chi connectivity index (χ4v) is 3.20. The Balaban J connectivity index is 1.46. The third kappa shape index (κ3) is 4.11. The van der Waals surface area contributed by atoms with Crippen LogP contribution in [0.25, 0.3) is 0 Å². The number of nitrogens with one attached hydrogen (secondary N) is 2. The number of carbonyl (C=O) groups is 2. The summed E-state index contributed by atoms with van der Waals surface area (Å²) in [5, 5.41) is 5.39. The van der Waals surface area contributed by atoms with Gasteiger partial charge in [0, 0.05) is 5.70 Å². The topological polar surface area (TPSA) is 95.1 Å². The van der Waals surface area contributed by atoms with Gasteiger partial charge in [0.15, 0.2) is 11.5 Å². The Labute approximate surface area is 167 Å². The fraction of sp³-hybridized carbons (Fsp3) is 0.238. The van der Waals surface area contributed by atoms with Crippen molar-refractivity contribution in [1.29, 1.82) is 0 Å². The van der Waals surface area contributed by atoms with Crippen LogP contribution < -0.4 is 24.8 Å². The Morgan fingerprint density at radius 2 is 1.90 bits per heavy atom. The number of fused-ring (bicyclic) bond motifs is 1. The van der Waals surface area contributed by atoms with Crippen LogP contribution in [0.3, 0.4) is 0 Å². The van der Waals surface area contributed by atoms with E-state index in [0.717, 1.165) is 0 Å². The number of amides is 2. The van der Waals surface area contributed by atoms with Crippen LogP contribution in [0.5, 0.6) is 17.2 Å². The molecular formula is C21H20N2O6. The zero-order valence-electron chi connectivity index (χ0n) is 15.8. The van der Waals surface area contributed by atoms with E-state index >= 15 is 0 Å². The van der Waals surface area contributed by atoms with Gasteiger partial charge in [-0.3, -0.25) is 0 Å². The lowest BCUT2D eigenvalue weighted by atomic mass is 9.95. The highest BCUT2D eigenvalue weighted by Gasteiger charge is 2.33. The molecule has 1 atom stereocenters. The van der Waals surface area contributed by atoms with Crippen molar-refractivity contribution < 1.29 is 28.5 Å². The van der Waals surface area contributed by atoms with Crippen LogP contribution >= 0.6 is 0 Å². The average molecular weight is 396 g/mol. The summed E-state index contributed by atoms with van der Waals surface area (Å²) in [4.78, 5) is 24.8. The monoisotopic (exact) mass is 396 g/mol. The number of para-hydroxylation sites is 1. The zero-order chi connectivity index (χ0) is 20.2. The number of esters is 1. The molecule has 29 heavy (non-hydrogen) atoms. The van der Waals surface area contributed by atoms with Crippen molar-refractivity contribution >= 4 is 12.0 Å². The number of hydrogen-bond donors (Lipinski definition) is 2. The Hall–Kier alpha value is -3.68. The minimum absolute atomic E-state index is 0.0757. The second kappa shape index (κ2) is 8.14. The van der Waals surface area contributed by atoms with Crippen LogP contribution in [-0.4, -0.2) is 32.0 Å². The molecule has 150 valence electrons. The molecule has 8 heteroatoms. The van der Waals surface area contributed by atoms with Gasteiger partial charge >= 0.3 is 12.0 Å². The van der Waals surface area contributed by atoms with Gasteiger partial charge in [0.1, 0.15) is 19.0 Å². The lowest BCUT2D eigenvalue weighted by Crippen LogP contribution is -2.45. The number of rotatable bonds is 6. The first kappa shape index (κ1) is 18.7. The molecule has 2 N–H and O–H groups in total. The second-order valence-electron chi connectivity index (χ2n) is 6.48. The van der Waals surface area contributed by atoms with Gasteiger partial charge in [-0.1, -0.05) is 24.3 Å². The van der Waals surface area contributed by atoms with Crippen molar-refractivity contribution in [3.8, 4) is 17.2 Å². The lowest BCUT2D eigenvalue weighted by Gasteiger charge is -2.28. The van der Waals surface area contributed by atoms with E-state index < -0.39 is 18.0 Å². The maximum absolute atomic E-state index is 12.8. The van der Waals surface area contributed by atoms with E-state index in [4.69, 9.17) is 18.9 Å². The molecule has 2 heterocycles. The van der Waals surface area contributed by atoms with Crippen LogP contribution in [0.1, 0.15) is 18.5 Å². The van der Waals surface area contributed by atoms with Crippen LogP contribution in [0.2, 0.25) is 0 Å². The summed E-state index contributed by atoms with van der Waals surface area (Å²) in [7, 11) is 0. The molecule has 2 aromatic rings. The number of ether oxygens (including phenoxy) is 4. The van der Waals surface area contributed by atoms with Crippen LogP contribution in [-0.2, 0) is 9.53 Å². The lowest BCUT2D eigenvalue weighted by molar-refractivity contribution is -0.140. The summed E-state index contributed by atoms with van der Waals surface area (Å²) in [6.07, 6.45) is 0. The molecule has 0 fully saturated rings. The molecule has 2 aliphatic rings. The fourth-order valence-electron chi connectivity index (χ4n) is 3.20. The van der Waals surface area contributed by atoms with Crippen LogP contribution in [0.4, 0.5) is 4.79 Å². The molecule has 0 aromatic heterocycles. The first-order valence-corrected chi connectivity index (χ1v) is 9.14. The van der Waals surface area contributed by atoms with E-state index in [0.29, 0.717) is 34.1 Å². The molecule has 0 aliphatic carbocycles. The minimum atomic E-state index is -0.666. The maximum atomic E-state index is 12.8. The Bertz CT molecular complexity index is 957. The second-order valence-corrected chi connectivity index (χ2v) is 6.48. The third-order valence-electron chi connectivity index (χ3n) is 4.55. The highest BCUT2D eigenvalue weighted by atomic mass is 16.7. The predicted octanol–water partition coefficient (Wildman–Crippen LogP) is 2.67. The molecule has 0 saturated carbocycles. The first-order valence-electron chi connectivity index (χ1n) is 9.14. The maximum Gasteiger partial charge on any atom is 0.338 e. The molecule has 2 amide bonds. The normalized spacial score (nSPS) is 17.4. The van der Waals surface area contributed by atoms with Crippen LogP contribution in [0, 0.1) is 0 Å². The summed E-state index contributed by atoms with van der Waals surface area (Å²) < 4.78 is 21.6. The molecule has 8 nitrogen and oxygen atoms in total. The summed E-state index contributed by atoms with van der Waals surface area (Å²) in [5.41, 5.74) is 1.45. The smallest absolute Gasteiger partial charge is 0.338 e. The molecule has 0 unspecified atom stereocenters. The Morgan fingerprint density at radius 1 is 1.10 bits per heavy atom. The number of benzene rings is 2. The molecule has 4 rings (SSSR count). The number of hydrogen-bond acceptors (Lipinski definition) is 6. The summed E-state index contributed by atoms with van der Waals surface area (Å²) >= 11 is 0. The van der Waals surface area contributed by atoms with Gasteiger partial charge in [0.2, 0.25) is 6.79 Å². The molecule has 2 aliphatic heterocycles.